The molecule has 20 heavy (non-hydrogen) atoms. The van der Waals surface area contributed by atoms with E-state index in [1.165, 1.54) is 4.88 Å². The molecule has 0 fully saturated rings. The summed E-state index contributed by atoms with van der Waals surface area (Å²) in [7, 11) is 0. The van der Waals surface area contributed by atoms with E-state index in [0.717, 1.165) is 16.6 Å². The first kappa shape index (κ1) is 15.7. The highest BCUT2D eigenvalue weighted by molar-refractivity contribution is 7.18. The minimum Gasteiger partial charge on any atom is -0.370 e. The summed E-state index contributed by atoms with van der Waals surface area (Å²) in [6, 6.07) is 2.08. The van der Waals surface area contributed by atoms with Gasteiger partial charge in [0.1, 0.15) is 16.1 Å². The second-order valence-electron chi connectivity index (χ2n) is 5.86. The maximum atomic E-state index is 6.33. The van der Waals surface area contributed by atoms with E-state index in [1.807, 2.05) is 6.92 Å². The predicted molar refractivity (Wildman–Crippen MR) is 85.6 cm³/mol. The minimum atomic E-state index is -0.151. The third kappa shape index (κ3) is 3.13. The Labute approximate surface area is 129 Å². The number of thiophene rings is 1. The maximum Gasteiger partial charge on any atom is 0.161 e. The van der Waals surface area contributed by atoms with Gasteiger partial charge in [-0.3, -0.25) is 0 Å². The summed E-state index contributed by atoms with van der Waals surface area (Å²) in [6.45, 7) is 11.1. The molecule has 2 heterocycles. The van der Waals surface area contributed by atoms with Crippen LogP contribution in [0.5, 0.6) is 0 Å². The van der Waals surface area contributed by atoms with Crippen molar-refractivity contribution in [2.45, 2.75) is 47.1 Å². The molecule has 0 spiro atoms. The molecule has 0 N–H and O–H groups in total. The zero-order chi connectivity index (χ0) is 14.9. The van der Waals surface area contributed by atoms with E-state index in [2.05, 4.69) is 43.7 Å². The number of hydrogen-bond donors (Lipinski definition) is 0. The van der Waals surface area contributed by atoms with Crippen LogP contribution in [0.3, 0.4) is 0 Å². The molecule has 2 rings (SSSR count). The fourth-order valence-corrected chi connectivity index (χ4v) is 3.38. The second-order valence-corrected chi connectivity index (χ2v) is 7.33. The van der Waals surface area contributed by atoms with Gasteiger partial charge in [0, 0.05) is 16.9 Å². The van der Waals surface area contributed by atoms with Crippen molar-refractivity contribution in [3.8, 4) is 0 Å². The van der Waals surface area contributed by atoms with E-state index < -0.39 is 0 Å². The first-order valence-corrected chi connectivity index (χ1v) is 8.13. The summed E-state index contributed by atoms with van der Waals surface area (Å²) in [6.07, 6.45) is 0.836. The number of hydrogen-bond acceptors (Lipinski definition) is 4. The molecule has 5 heteroatoms. The van der Waals surface area contributed by atoms with Gasteiger partial charge in [0.2, 0.25) is 0 Å². The molecule has 0 bridgehead atoms. The second kappa shape index (κ2) is 5.96. The van der Waals surface area contributed by atoms with Gasteiger partial charge in [-0.25, -0.2) is 9.97 Å². The number of halogens is 1. The van der Waals surface area contributed by atoms with Gasteiger partial charge in [-0.1, -0.05) is 39.3 Å². The predicted octanol–water partition coefficient (Wildman–Crippen LogP) is 5.03. The highest BCUT2D eigenvalue weighted by Crippen LogP contribution is 2.37. The summed E-state index contributed by atoms with van der Waals surface area (Å²) in [5, 5.41) is 1.47. The molecule has 0 aliphatic heterocycles. The standard InChI is InChI=1S/C15H21ClN2OS/c1-6-9-8-10-12(16)17-13(18-14(10)20-9)11(19-7-2)15(3,4)5/h8,11H,6-7H2,1-5H3. The van der Waals surface area contributed by atoms with Gasteiger partial charge in [-0.15, -0.1) is 11.3 Å². The maximum absolute atomic E-state index is 6.33. The lowest BCUT2D eigenvalue weighted by molar-refractivity contribution is -0.0188. The quantitative estimate of drug-likeness (QED) is 0.743. The smallest absolute Gasteiger partial charge is 0.161 e. The molecular weight excluding hydrogens is 292 g/mol. The Morgan fingerprint density at radius 3 is 2.55 bits per heavy atom. The highest BCUT2D eigenvalue weighted by atomic mass is 35.5. The Balaban J connectivity index is 2.53. The lowest BCUT2D eigenvalue weighted by atomic mass is 9.88. The minimum absolute atomic E-state index is 0.0716. The van der Waals surface area contributed by atoms with Crippen molar-refractivity contribution in [1.29, 1.82) is 0 Å². The molecule has 2 aromatic rings. The molecule has 0 radical (unpaired) electrons. The van der Waals surface area contributed by atoms with Crippen LogP contribution in [0, 0.1) is 5.41 Å². The fourth-order valence-electron chi connectivity index (χ4n) is 2.12. The van der Waals surface area contributed by atoms with Gasteiger partial charge in [-0.2, -0.15) is 0 Å². The van der Waals surface area contributed by atoms with Crippen molar-refractivity contribution in [2.75, 3.05) is 6.61 Å². The zero-order valence-electron chi connectivity index (χ0n) is 12.7. The lowest BCUT2D eigenvalue weighted by Gasteiger charge is -2.29. The third-order valence-electron chi connectivity index (χ3n) is 3.12. The molecular formula is C15H21ClN2OS. The van der Waals surface area contributed by atoms with Crippen LogP contribution in [0.15, 0.2) is 6.07 Å². The van der Waals surface area contributed by atoms with Gasteiger partial charge < -0.3 is 4.74 Å². The largest absolute Gasteiger partial charge is 0.370 e. The van der Waals surface area contributed by atoms with Gasteiger partial charge in [0.25, 0.3) is 0 Å². The molecule has 3 nitrogen and oxygen atoms in total. The van der Waals surface area contributed by atoms with Gasteiger partial charge >= 0.3 is 0 Å². The monoisotopic (exact) mass is 312 g/mol. The van der Waals surface area contributed by atoms with E-state index in [-0.39, 0.29) is 11.5 Å². The average Bonchev–Trinajstić information content (AvgIpc) is 2.78. The van der Waals surface area contributed by atoms with Crippen LogP contribution in [0.25, 0.3) is 10.2 Å². The molecule has 1 unspecified atom stereocenters. The molecule has 2 aromatic heterocycles. The van der Waals surface area contributed by atoms with Crippen LogP contribution >= 0.6 is 22.9 Å². The summed E-state index contributed by atoms with van der Waals surface area (Å²) >= 11 is 8.01. The molecule has 0 amide bonds. The first-order chi connectivity index (χ1) is 9.36. The van der Waals surface area contributed by atoms with Crippen LogP contribution in [0.4, 0.5) is 0 Å². The zero-order valence-corrected chi connectivity index (χ0v) is 14.2. The summed E-state index contributed by atoms with van der Waals surface area (Å²) in [5.74, 6) is 0.682. The lowest BCUT2D eigenvalue weighted by Crippen LogP contribution is -2.23. The van der Waals surface area contributed by atoms with Crippen LogP contribution in [0.2, 0.25) is 5.15 Å². The van der Waals surface area contributed by atoms with Crippen molar-refractivity contribution in [3.05, 3.63) is 21.9 Å². The normalized spacial score (nSPS) is 13.9. The number of rotatable bonds is 4. The molecule has 0 aliphatic carbocycles. The van der Waals surface area contributed by atoms with Crippen LogP contribution in [0.1, 0.15) is 51.4 Å². The van der Waals surface area contributed by atoms with Crippen molar-refractivity contribution in [3.63, 3.8) is 0 Å². The number of ether oxygens (including phenoxy) is 1. The van der Waals surface area contributed by atoms with Crippen molar-refractivity contribution in [2.24, 2.45) is 5.41 Å². The van der Waals surface area contributed by atoms with Gasteiger partial charge in [0.15, 0.2) is 5.82 Å². The number of fused-ring (bicyclic) bond motifs is 1. The van der Waals surface area contributed by atoms with E-state index in [9.17, 15) is 0 Å². The Hall–Kier alpha value is -0.710. The molecule has 0 saturated heterocycles. The molecule has 1 atom stereocenters. The summed E-state index contributed by atoms with van der Waals surface area (Å²) in [5.41, 5.74) is -0.0716. The molecule has 0 aromatic carbocycles. The van der Waals surface area contributed by atoms with Crippen molar-refractivity contribution in [1.82, 2.24) is 9.97 Å². The number of aryl methyl sites for hydroxylation is 1. The van der Waals surface area contributed by atoms with E-state index in [4.69, 9.17) is 16.3 Å². The highest BCUT2D eigenvalue weighted by Gasteiger charge is 2.30. The Bertz CT molecular complexity index is 604. The molecule has 0 saturated carbocycles. The van der Waals surface area contributed by atoms with Crippen LogP contribution < -0.4 is 0 Å². The van der Waals surface area contributed by atoms with Crippen molar-refractivity contribution >= 4 is 33.2 Å². The molecule has 110 valence electrons. The van der Waals surface area contributed by atoms with E-state index in [1.54, 1.807) is 11.3 Å². The average molecular weight is 313 g/mol. The Morgan fingerprint density at radius 1 is 1.30 bits per heavy atom. The Kier molecular flexibility index (Phi) is 4.67. The summed E-state index contributed by atoms with van der Waals surface area (Å²) in [4.78, 5) is 11.4. The van der Waals surface area contributed by atoms with Gasteiger partial charge in [0.05, 0.1) is 0 Å². The Morgan fingerprint density at radius 2 is 2.00 bits per heavy atom. The third-order valence-corrected chi connectivity index (χ3v) is 4.58. The SMILES string of the molecule is CCOC(c1nc(Cl)c2cc(CC)sc2n1)C(C)(C)C. The first-order valence-electron chi connectivity index (χ1n) is 6.94. The van der Waals surface area contributed by atoms with Crippen LogP contribution in [-0.2, 0) is 11.2 Å². The van der Waals surface area contributed by atoms with E-state index in [0.29, 0.717) is 17.6 Å². The molecule has 0 aliphatic rings. The van der Waals surface area contributed by atoms with Crippen LogP contribution in [-0.4, -0.2) is 16.6 Å². The summed E-state index contributed by atoms with van der Waals surface area (Å²) < 4.78 is 5.85. The van der Waals surface area contributed by atoms with E-state index >= 15 is 0 Å². The topological polar surface area (TPSA) is 35.0 Å². The number of aromatic nitrogens is 2. The van der Waals surface area contributed by atoms with Crippen molar-refractivity contribution < 1.29 is 4.74 Å². The van der Waals surface area contributed by atoms with Gasteiger partial charge in [-0.05, 0) is 24.8 Å². The number of nitrogens with zero attached hydrogens (tertiary/aromatic N) is 2. The fraction of sp³-hybridized carbons (Fsp3) is 0.600.